The molecule has 1 aromatic heterocycles. The van der Waals surface area contributed by atoms with Crippen LogP contribution >= 0.6 is 23.2 Å². The Morgan fingerprint density at radius 2 is 1.48 bits per heavy atom. The Hall–Kier alpha value is -2.02. The van der Waals surface area contributed by atoms with Crippen LogP contribution in [0.4, 0.5) is 5.82 Å². The molecule has 2 aromatic carbocycles. The maximum atomic E-state index is 13.1. The van der Waals surface area contributed by atoms with E-state index in [0.717, 1.165) is 33.4 Å². The summed E-state index contributed by atoms with van der Waals surface area (Å²) in [6, 6.07) is 6.97. The van der Waals surface area contributed by atoms with Crippen molar-refractivity contribution < 1.29 is 8.42 Å². The topological polar surface area (TPSA) is 64.0 Å². The fourth-order valence-corrected chi connectivity index (χ4v) is 5.31. The molecule has 0 saturated carbocycles. The van der Waals surface area contributed by atoms with Crippen LogP contribution in [0, 0.1) is 34.6 Å². The van der Waals surface area contributed by atoms with Gasteiger partial charge in [0, 0.05) is 12.3 Å². The molecule has 3 rings (SSSR count). The quantitative estimate of drug-likeness (QED) is 0.550. The number of benzene rings is 2. The van der Waals surface area contributed by atoms with Crippen molar-refractivity contribution >= 4 is 39.0 Å². The lowest BCUT2D eigenvalue weighted by Gasteiger charge is -2.18. The number of hydrogen-bond donors (Lipinski definition) is 1. The second kappa shape index (κ2) is 8.01. The van der Waals surface area contributed by atoms with Crippen LogP contribution in [0.15, 0.2) is 35.4 Å². The molecule has 29 heavy (non-hydrogen) atoms. The van der Waals surface area contributed by atoms with Crippen LogP contribution in [0.5, 0.6) is 0 Å². The molecule has 0 fully saturated rings. The van der Waals surface area contributed by atoms with Gasteiger partial charge < -0.3 is 0 Å². The maximum Gasteiger partial charge on any atom is 0.263 e. The number of rotatable bonds is 5. The van der Waals surface area contributed by atoms with E-state index in [0.29, 0.717) is 21.5 Å². The zero-order valence-electron chi connectivity index (χ0n) is 17.0. The second-order valence-corrected chi connectivity index (χ2v) is 9.64. The zero-order chi connectivity index (χ0) is 21.5. The van der Waals surface area contributed by atoms with Crippen LogP contribution < -0.4 is 4.72 Å². The number of halogens is 2. The average Bonchev–Trinajstić information content (AvgIpc) is 3.07. The van der Waals surface area contributed by atoms with Gasteiger partial charge in [0.15, 0.2) is 5.82 Å². The zero-order valence-corrected chi connectivity index (χ0v) is 19.3. The summed E-state index contributed by atoms with van der Waals surface area (Å²) in [5, 5.41) is 5.29. The predicted octanol–water partition coefficient (Wildman–Crippen LogP) is 5.58. The van der Waals surface area contributed by atoms with Crippen molar-refractivity contribution in [1.82, 2.24) is 9.78 Å². The Morgan fingerprint density at radius 1 is 0.897 bits per heavy atom. The molecule has 0 atom stereocenters. The molecule has 0 bridgehead atoms. The van der Waals surface area contributed by atoms with Crippen LogP contribution in [0.2, 0.25) is 10.0 Å². The number of nitrogens with zero attached hydrogens (tertiary/aromatic N) is 2. The van der Waals surface area contributed by atoms with E-state index in [1.54, 1.807) is 29.1 Å². The van der Waals surface area contributed by atoms with Gasteiger partial charge in [-0.05, 0) is 80.1 Å². The second-order valence-electron chi connectivity index (χ2n) is 7.21. The molecule has 154 valence electrons. The molecular weight excluding hydrogens is 429 g/mol. The van der Waals surface area contributed by atoms with Gasteiger partial charge in [0.05, 0.1) is 21.5 Å². The number of nitrogens with one attached hydrogen (secondary N) is 1. The van der Waals surface area contributed by atoms with Crippen molar-refractivity contribution in [1.29, 1.82) is 0 Å². The fraction of sp³-hybridized carbons (Fsp3) is 0.286. The van der Waals surface area contributed by atoms with Crippen molar-refractivity contribution in [2.45, 2.75) is 46.1 Å². The fourth-order valence-electron chi connectivity index (χ4n) is 3.39. The molecule has 3 aromatic rings. The molecule has 5 nitrogen and oxygen atoms in total. The predicted molar refractivity (Wildman–Crippen MR) is 119 cm³/mol. The van der Waals surface area contributed by atoms with Gasteiger partial charge in [-0.25, -0.2) is 8.42 Å². The van der Waals surface area contributed by atoms with E-state index >= 15 is 0 Å². The molecule has 0 saturated heterocycles. The average molecular weight is 452 g/mol. The van der Waals surface area contributed by atoms with Crippen molar-refractivity contribution in [3.05, 3.63) is 73.9 Å². The Bertz CT molecular complexity index is 1170. The largest absolute Gasteiger partial charge is 0.266 e. The highest BCUT2D eigenvalue weighted by molar-refractivity contribution is 7.92. The molecule has 0 aliphatic rings. The third kappa shape index (κ3) is 4.29. The molecule has 1 heterocycles. The van der Waals surface area contributed by atoms with Gasteiger partial charge >= 0.3 is 0 Å². The third-order valence-electron chi connectivity index (χ3n) is 5.41. The Balaban J connectivity index is 1.88. The third-order valence-corrected chi connectivity index (χ3v) is 7.77. The van der Waals surface area contributed by atoms with E-state index in [-0.39, 0.29) is 5.82 Å². The molecule has 0 amide bonds. The minimum Gasteiger partial charge on any atom is -0.266 e. The number of sulfonamides is 1. The summed E-state index contributed by atoms with van der Waals surface area (Å²) < 4.78 is 30.5. The summed E-state index contributed by atoms with van der Waals surface area (Å²) in [6.07, 6.45) is 1.71. The van der Waals surface area contributed by atoms with Crippen molar-refractivity contribution in [2.75, 3.05) is 4.72 Å². The van der Waals surface area contributed by atoms with Gasteiger partial charge in [-0.1, -0.05) is 29.3 Å². The van der Waals surface area contributed by atoms with E-state index in [4.69, 9.17) is 23.2 Å². The van der Waals surface area contributed by atoms with Crippen LogP contribution in [0.3, 0.4) is 0 Å². The Labute approximate surface area is 181 Å². The van der Waals surface area contributed by atoms with E-state index in [1.807, 2.05) is 40.7 Å². The summed E-state index contributed by atoms with van der Waals surface area (Å²) in [5.74, 6) is 0.264. The highest BCUT2D eigenvalue weighted by atomic mass is 35.5. The van der Waals surface area contributed by atoms with E-state index in [2.05, 4.69) is 9.82 Å². The number of anilines is 1. The normalized spacial score (nSPS) is 11.7. The van der Waals surface area contributed by atoms with Crippen molar-refractivity contribution in [3.8, 4) is 0 Å². The lowest BCUT2D eigenvalue weighted by molar-refractivity contribution is 0.599. The SMILES string of the molecule is Cc1c(C)c(C)c(S(=O)(=O)Nc2ccn(Cc3ccc(Cl)c(Cl)c3)n2)c(C)c1C. The van der Waals surface area contributed by atoms with Crippen LogP contribution in [-0.4, -0.2) is 18.2 Å². The maximum absolute atomic E-state index is 13.1. The lowest BCUT2D eigenvalue weighted by atomic mass is 9.95. The Morgan fingerprint density at radius 3 is 2.07 bits per heavy atom. The molecule has 0 unspecified atom stereocenters. The van der Waals surface area contributed by atoms with Crippen molar-refractivity contribution in [3.63, 3.8) is 0 Å². The molecule has 8 heteroatoms. The summed E-state index contributed by atoms with van der Waals surface area (Å²) in [4.78, 5) is 0.317. The van der Waals surface area contributed by atoms with Gasteiger partial charge in [-0.3, -0.25) is 9.40 Å². The molecule has 0 spiro atoms. The highest BCUT2D eigenvalue weighted by Crippen LogP contribution is 2.30. The van der Waals surface area contributed by atoms with Crippen LogP contribution in [-0.2, 0) is 16.6 Å². The number of aromatic nitrogens is 2. The molecular formula is C21H23Cl2N3O2S. The number of hydrogen-bond acceptors (Lipinski definition) is 3. The summed E-state index contributed by atoms with van der Waals surface area (Å²) in [7, 11) is -3.77. The monoisotopic (exact) mass is 451 g/mol. The molecule has 0 aliphatic carbocycles. The van der Waals surface area contributed by atoms with Gasteiger partial charge in [0.25, 0.3) is 10.0 Å². The molecule has 0 aliphatic heterocycles. The standard InChI is InChI=1S/C21H23Cl2N3O2S/c1-12-13(2)15(4)21(16(5)14(12)3)29(27,28)25-20-8-9-26(24-20)11-17-6-7-18(22)19(23)10-17/h6-10H,11H2,1-5H3,(H,24,25). The Kier molecular flexibility index (Phi) is 5.99. The first-order valence-electron chi connectivity index (χ1n) is 9.08. The van der Waals surface area contributed by atoms with Crippen LogP contribution in [0.25, 0.3) is 0 Å². The minimum absolute atomic E-state index is 0.264. The van der Waals surface area contributed by atoms with Crippen LogP contribution in [0.1, 0.15) is 33.4 Å². The summed E-state index contributed by atoms with van der Waals surface area (Å²) in [6.45, 7) is 10.0. The van der Waals surface area contributed by atoms with Gasteiger partial charge in [-0.15, -0.1) is 0 Å². The minimum atomic E-state index is -3.77. The van der Waals surface area contributed by atoms with E-state index in [9.17, 15) is 8.42 Å². The molecule has 1 N–H and O–H groups in total. The highest BCUT2D eigenvalue weighted by Gasteiger charge is 2.24. The lowest BCUT2D eigenvalue weighted by Crippen LogP contribution is -2.18. The first-order chi connectivity index (χ1) is 13.5. The van der Waals surface area contributed by atoms with Gasteiger partial charge in [0.1, 0.15) is 0 Å². The van der Waals surface area contributed by atoms with E-state index < -0.39 is 10.0 Å². The first-order valence-corrected chi connectivity index (χ1v) is 11.3. The van der Waals surface area contributed by atoms with E-state index in [1.165, 1.54) is 0 Å². The summed E-state index contributed by atoms with van der Waals surface area (Å²) >= 11 is 12.0. The summed E-state index contributed by atoms with van der Waals surface area (Å²) in [5.41, 5.74) is 5.51. The van der Waals surface area contributed by atoms with Crippen molar-refractivity contribution in [2.24, 2.45) is 0 Å². The van der Waals surface area contributed by atoms with Gasteiger partial charge in [0.2, 0.25) is 0 Å². The van der Waals surface area contributed by atoms with Gasteiger partial charge in [-0.2, -0.15) is 5.10 Å². The first kappa shape index (κ1) is 21.7. The smallest absolute Gasteiger partial charge is 0.263 e. The molecule has 0 radical (unpaired) electrons.